The molecule has 5 heteroatoms. The molecule has 142 valence electrons. The molecule has 1 aromatic heterocycles. The van der Waals surface area contributed by atoms with Gasteiger partial charge in [-0.2, -0.15) is 0 Å². The molecule has 1 aliphatic carbocycles. The van der Waals surface area contributed by atoms with Gasteiger partial charge in [-0.3, -0.25) is 4.79 Å². The minimum atomic E-state index is 0.0392. The van der Waals surface area contributed by atoms with E-state index in [1.807, 2.05) is 43.5 Å². The predicted octanol–water partition coefficient (Wildman–Crippen LogP) is 3.45. The van der Waals surface area contributed by atoms with Gasteiger partial charge in [0.25, 0.3) is 0 Å². The van der Waals surface area contributed by atoms with Crippen molar-refractivity contribution in [1.82, 2.24) is 14.9 Å². The summed E-state index contributed by atoms with van der Waals surface area (Å²) in [4.78, 5) is 23.9. The molecule has 1 fully saturated rings. The van der Waals surface area contributed by atoms with Crippen molar-refractivity contribution in [2.24, 2.45) is 0 Å². The lowest BCUT2D eigenvalue weighted by Gasteiger charge is -2.40. The van der Waals surface area contributed by atoms with Gasteiger partial charge in [-0.05, 0) is 56.7 Å². The average molecular weight is 365 g/mol. The van der Waals surface area contributed by atoms with Gasteiger partial charge in [0, 0.05) is 31.1 Å². The molecule has 0 N–H and O–H groups in total. The number of ether oxygens (including phenoxy) is 1. The van der Waals surface area contributed by atoms with E-state index in [9.17, 15) is 4.79 Å². The molecule has 1 amide bonds. The van der Waals surface area contributed by atoms with Crippen LogP contribution >= 0.6 is 0 Å². The summed E-state index contributed by atoms with van der Waals surface area (Å²) in [6.45, 7) is 4.18. The first kappa shape index (κ1) is 18.0. The summed E-state index contributed by atoms with van der Waals surface area (Å²) < 4.78 is 5.71. The number of para-hydroxylation sites is 1. The number of fused-ring (bicyclic) bond motifs is 2. The Morgan fingerprint density at radius 2 is 2.11 bits per heavy atom. The zero-order valence-electron chi connectivity index (χ0n) is 16.0. The van der Waals surface area contributed by atoms with Crippen LogP contribution < -0.4 is 4.74 Å². The van der Waals surface area contributed by atoms with E-state index in [-0.39, 0.29) is 11.3 Å². The van der Waals surface area contributed by atoms with E-state index < -0.39 is 0 Å². The fourth-order valence-electron chi connectivity index (χ4n) is 4.46. The highest BCUT2D eigenvalue weighted by atomic mass is 16.5. The minimum Gasteiger partial charge on any atom is -0.494 e. The maximum Gasteiger partial charge on any atom is 0.222 e. The van der Waals surface area contributed by atoms with Crippen molar-refractivity contribution in [2.45, 2.75) is 50.9 Å². The fraction of sp³-hybridized carbons (Fsp3) is 0.500. The van der Waals surface area contributed by atoms with Crippen molar-refractivity contribution >= 4 is 5.91 Å². The molecule has 1 unspecified atom stereocenters. The highest BCUT2D eigenvalue weighted by Crippen LogP contribution is 2.43. The van der Waals surface area contributed by atoms with Crippen LogP contribution in [-0.4, -0.2) is 40.5 Å². The minimum absolute atomic E-state index is 0.0392. The Balaban J connectivity index is 1.34. The molecule has 0 saturated carbocycles. The van der Waals surface area contributed by atoms with Crippen molar-refractivity contribution < 1.29 is 9.53 Å². The Morgan fingerprint density at radius 1 is 1.26 bits per heavy atom. The van der Waals surface area contributed by atoms with Gasteiger partial charge in [0.15, 0.2) is 0 Å². The van der Waals surface area contributed by atoms with Gasteiger partial charge >= 0.3 is 0 Å². The van der Waals surface area contributed by atoms with E-state index in [0.717, 1.165) is 56.8 Å². The van der Waals surface area contributed by atoms with E-state index >= 15 is 0 Å². The van der Waals surface area contributed by atoms with Gasteiger partial charge in [0.2, 0.25) is 5.91 Å². The van der Waals surface area contributed by atoms with E-state index in [1.54, 1.807) is 0 Å². The summed E-state index contributed by atoms with van der Waals surface area (Å²) in [5.74, 6) is 1.93. The van der Waals surface area contributed by atoms with Crippen molar-refractivity contribution in [3.63, 3.8) is 0 Å². The fourth-order valence-corrected chi connectivity index (χ4v) is 4.46. The van der Waals surface area contributed by atoms with Gasteiger partial charge < -0.3 is 9.64 Å². The molecule has 1 aliphatic heterocycles. The first-order valence-electron chi connectivity index (χ1n) is 9.95. The third kappa shape index (κ3) is 3.82. The maximum absolute atomic E-state index is 12.8. The number of nitrogens with zero attached hydrogens (tertiary/aromatic N) is 3. The molecule has 0 bridgehead atoms. The van der Waals surface area contributed by atoms with E-state index in [2.05, 4.69) is 9.88 Å². The standard InChI is InChI=1S/C22H27N3O2/c1-17-23-15-18-10-12-22(21(18)24-17)11-6-13-25(16-22)20(26)9-5-14-27-19-7-3-2-4-8-19/h2-4,7-8,15H,5-6,9-14,16H2,1H3. The normalized spacial score (nSPS) is 21.3. The number of rotatable bonds is 5. The molecule has 1 atom stereocenters. The molecular weight excluding hydrogens is 338 g/mol. The van der Waals surface area contributed by atoms with Crippen LogP contribution in [-0.2, 0) is 16.6 Å². The van der Waals surface area contributed by atoms with Gasteiger partial charge in [-0.15, -0.1) is 0 Å². The number of amides is 1. The Morgan fingerprint density at radius 3 is 2.96 bits per heavy atom. The summed E-state index contributed by atoms with van der Waals surface area (Å²) in [6.07, 6.45) is 7.55. The van der Waals surface area contributed by atoms with Gasteiger partial charge in [0.05, 0.1) is 12.3 Å². The molecule has 2 aromatic rings. The van der Waals surface area contributed by atoms with Crippen LogP contribution in [0.5, 0.6) is 5.75 Å². The van der Waals surface area contributed by atoms with Crippen LogP contribution in [0.2, 0.25) is 0 Å². The van der Waals surface area contributed by atoms with Crippen molar-refractivity contribution in [3.8, 4) is 5.75 Å². The second-order valence-electron chi connectivity index (χ2n) is 7.76. The summed E-state index contributed by atoms with van der Waals surface area (Å²) in [5.41, 5.74) is 2.50. The number of carbonyl (C=O) groups is 1. The maximum atomic E-state index is 12.8. The summed E-state index contributed by atoms with van der Waals surface area (Å²) >= 11 is 0. The Kier molecular flexibility index (Phi) is 5.10. The monoisotopic (exact) mass is 365 g/mol. The summed E-state index contributed by atoms with van der Waals surface area (Å²) in [5, 5.41) is 0. The first-order valence-corrected chi connectivity index (χ1v) is 9.95. The summed E-state index contributed by atoms with van der Waals surface area (Å²) in [6, 6.07) is 9.77. The number of aryl methyl sites for hydroxylation is 2. The molecule has 1 saturated heterocycles. The van der Waals surface area contributed by atoms with Crippen molar-refractivity contribution in [3.05, 3.63) is 53.6 Å². The zero-order chi connectivity index (χ0) is 18.7. The molecule has 2 aliphatic rings. The van der Waals surface area contributed by atoms with Crippen molar-refractivity contribution in [2.75, 3.05) is 19.7 Å². The third-order valence-corrected chi connectivity index (χ3v) is 5.84. The second-order valence-corrected chi connectivity index (χ2v) is 7.76. The van der Waals surface area contributed by atoms with Crippen LogP contribution in [0.3, 0.4) is 0 Å². The SMILES string of the molecule is Cc1ncc2c(n1)C1(CCCN(C(=O)CCCOc3ccccc3)C1)CC2. The van der Waals surface area contributed by atoms with E-state index in [0.29, 0.717) is 13.0 Å². The number of aromatic nitrogens is 2. The van der Waals surface area contributed by atoms with Crippen LogP contribution in [0.1, 0.15) is 49.2 Å². The van der Waals surface area contributed by atoms with Crippen LogP contribution in [0.25, 0.3) is 0 Å². The van der Waals surface area contributed by atoms with Gasteiger partial charge in [-0.1, -0.05) is 18.2 Å². The summed E-state index contributed by atoms with van der Waals surface area (Å²) in [7, 11) is 0. The second kappa shape index (κ2) is 7.67. The van der Waals surface area contributed by atoms with Gasteiger partial charge in [-0.25, -0.2) is 9.97 Å². The Bertz CT molecular complexity index is 804. The van der Waals surface area contributed by atoms with E-state index in [4.69, 9.17) is 9.72 Å². The number of carbonyl (C=O) groups excluding carboxylic acids is 1. The molecule has 27 heavy (non-hydrogen) atoms. The lowest BCUT2D eigenvalue weighted by molar-refractivity contribution is -0.133. The van der Waals surface area contributed by atoms with Crippen molar-refractivity contribution in [1.29, 1.82) is 0 Å². The molecule has 1 aromatic carbocycles. The third-order valence-electron chi connectivity index (χ3n) is 5.84. The predicted molar refractivity (Wildman–Crippen MR) is 104 cm³/mol. The van der Waals surface area contributed by atoms with Crippen LogP contribution in [0, 0.1) is 6.92 Å². The lowest BCUT2D eigenvalue weighted by atomic mass is 9.77. The first-order chi connectivity index (χ1) is 13.2. The van der Waals surface area contributed by atoms with Crippen LogP contribution in [0.4, 0.5) is 0 Å². The molecule has 2 heterocycles. The van der Waals surface area contributed by atoms with E-state index in [1.165, 1.54) is 11.3 Å². The smallest absolute Gasteiger partial charge is 0.222 e. The molecule has 5 nitrogen and oxygen atoms in total. The van der Waals surface area contributed by atoms with Crippen LogP contribution in [0.15, 0.2) is 36.5 Å². The topological polar surface area (TPSA) is 55.3 Å². The Labute approximate surface area is 160 Å². The molecular formula is C22H27N3O2. The number of likely N-dealkylation sites (tertiary alicyclic amines) is 1. The lowest BCUT2D eigenvalue weighted by Crippen LogP contribution is -2.48. The number of hydrogen-bond donors (Lipinski definition) is 0. The Hall–Kier alpha value is -2.43. The number of benzene rings is 1. The average Bonchev–Trinajstić information content (AvgIpc) is 3.03. The molecule has 4 rings (SSSR count). The largest absolute Gasteiger partial charge is 0.494 e. The highest BCUT2D eigenvalue weighted by Gasteiger charge is 2.44. The molecule has 1 spiro atoms. The number of piperidine rings is 1. The van der Waals surface area contributed by atoms with Gasteiger partial charge in [0.1, 0.15) is 11.6 Å². The quantitative estimate of drug-likeness (QED) is 0.762. The number of hydrogen-bond acceptors (Lipinski definition) is 4. The highest BCUT2D eigenvalue weighted by molar-refractivity contribution is 5.76. The zero-order valence-corrected chi connectivity index (χ0v) is 16.0. The molecule has 0 radical (unpaired) electrons.